The molecule has 8 nitrogen and oxygen atoms in total. The molecule has 0 spiro atoms. The Labute approximate surface area is 181 Å². The number of anilines is 3. The largest absolute Gasteiger partial charge is 0.367 e. The molecule has 3 fully saturated rings. The number of benzene rings is 1. The highest BCUT2D eigenvalue weighted by Gasteiger charge is 2.64. The van der Waals surface area contributed by atoms with Crippen LogP contribution in [0, 0.1) is 18.3 Å². The molecule has 0 amide bonds. The minimum atomic E-state index is 0.344. The van der Waals surface area contributed by atoms with Crippen molar-refractivity contribution in [3.63, 3.8) is 0 Å². The first-order valence-electron chi connectivity index (χ1n) is 11.1. The molecule has 6 rings (SSSR count). The van der Waals surface area contributed by atoms with Gasteiger partial charge >= 0.3 is 0 Å². The second-order valence-electron chi connectivity index (χ2n) is 9.29. The highest BCUT2D eigenvalue weighted by molar-refractivity contribution is 5.90. The highest BCUT2D eigenvalue weighted by Crippen LogP contribution is 2.58. The van der Waals surface area contributed by atoms with Crippen molar-refractivity contribution in [2.75, 3.05) is 10.6 Å². The molecule has 3 aliphatic rings. The fourth-order valence-corrected chi connectivity index (χ4v) is 6.13. The Morgan fingerprint density at radius 3 is 2.77 bits per heavy atom. The van der Waals surface area contributed by atoms with Crippen molar-refractivity contribution in [3.8, 4) is 6.07 Å². The number of hydrogen-bond acceptors (Lipinski definition) is 7. The van der Waals surface area contributed by atoms with Crippen LogP contribution in [-0.2, 0) is 0 Å². The van der Waals surface area contributed by atoms with Crippen LogP contribution in [0.3, 0.4) is 0 Å². The third-order valence-electron chi connectivity index (χ3n) is 7.27. The molecule has 3 aliphatic heterocycles. The van der Waals surface area contributed by atoms with Gasteiger partial charge in [0, 0.05) is 47.2 Å². The molecule has 5 heterocycles. The first kappa shape index (κ1) is 18.6. The maximum atomic E-state index is 8.97. The van der Waals surface area contributed by atoms with Crippen LogP contribution in [0.1, 0.15) is 44.2 Å². The number of aryl methyl sites for hydroxylation is 1. The third-order valence-corrected chi connectivity index (χ3v) is 7.27. The van der Waals surface area contributed by atoms with Gasteiger partial charge in [-0.15, -0.1) is 0 Å². The van der Waals surface area contributed by atoms with Crippen LogP contribution >= 0.6 is 0 Å². The molecule has 4 atom stereocenters. The Kier molecular flexibility index (Phi) is 4.15. The second-order valence-corrected chi connectivity index (χ2v) is 9.29. The molecule has 1 unspecified atom stereocenters. The minimum Gasteiger partial charge on any atom is -0.367 e. The molecule has 1 aromatic carbocycles. The molecule has 2 aromatic heterocycles. The Morgan fingerprint density at radius 2 is 2.03 bits per heavy atom. The lowest BCUT2D eigenvalue weighted by Crippen LogP contribution is -2.81. The highest BCUT2D eigenvalue weighted by atomic mass is 15.4. The van der Waals surface area contributed by atoms with Gasteiger partial charge in [0.2, 0.25) is 5.95 Å². The zero-order valence-corrected chi connectivity index (χ0v) is 17.6. The van der Waals surface area contributed by atoms with Gasteiger partial charge in [-0.3, -0.25) is 10.00 Å². The van der Waals surface area contributed by atoms with Crippen LogP contribution in [0.4, 0.5) is 17.6 Å². The van der Waals surface area contributed by atoms with E-state index in [4.69, 9.17) is 10.2 Å². The molecule has 0 aliphatic carbocycles. The van der Waals surface area contributed by atoms with Gasteiger partial charge in [0.1, 0.15) is 5.82 Å². The zero-order chi connectivity index (χ0) is 21.0. The number of para-hydroxylation sites is 1. The second kappa shape index (κ2) is 6.92. The lowest BCUT2D eigenvalue weighted by Gasteiger charge is -2.74. The number of rotatable bonds is 6. The summed E-state index contributed by atoms with van der Waals surface area (Å²) in [4.78, 5) is 12.2. The molecule has 0 radical (unpaired) electrons. The zero-order valence-electron chi connectivity index (χ0n) is 17.6. The molecule has 3 aromatic rings. The van der Waals surface area contributed by atoms with Gasteiger partial charge < -0.3 is 10.6 Å². The van der Waals surface area contributed by atoms with E-state index in [1.165, 1.54) is 12.8 Å². The van der Waals surface area contributed by atoms with E-state index in [1.807, 2.05) is 31.2 Å². The summed E-state index contributed by atoms with van der Waals surface area (Å²) in [5, 5.41) is 24.2. The Bertz CT molecular complexity index is 1160. The van der Waals surface area contributed by atoms with E-state index in [2.05, 4.69) is 42.9 Å². The molecule has 3 saturated heterocycles. The van der Waals surface area contributed by atoms with Crippen LogP contribution in [0.2, 0.25) is 0 Å². The van der Waals surface area contributed by atoms with Crippen molar-refractivity contribution in [2.45, 2.75) is 69.1 Å². The molecular weight excluding hydrogens is 388 g/mol. The van der Waals surface area contributed by atoms with E-state index in [0.29, 0.717) is 41.9 Å². The number of aromatic amines is 1. The first-order valence-corrected chi connectivity index (χ1v) is 11.1. The number of H-pyrrole nitrogens is 1. The fourth-order valence-electron chi connectivity index (χ4n) is 6.13. The molecule has 0 bridgehead atoms. The first-order chi connectivity index (χ1) is 15.1. The van der Waals surface area contributed by atoms with Crippen LogP contribution < -0.4 is 10.6 Å². The summed E-state index contributed by atoms with van der Waals surface area (Å²) < 4.78 is 0. The standard InChI is InChI=1S/C23H26N8/c1-14-9-20(30-29-14)27-22-26-19-6-3-2-5-18(19)21(28-22)25-15-10-16-12-23(7-4-8-24)13-17(11-15)31(16)23/h2-3,5-6,9,15-17H,4,7,10-13H2,1H3,(H3,25,26,27,28,29,30)/t15-,16+,17-,23?. The van der Waals surface area contributed by atoms with Gasteiger partial charge in [0.15, 0.2) is 5.82 Å². The SMILES string of the molecule is Cc1cc(Nc2nc(N[C@H]3C[C@@H]4CC5(CCC#N)C[C@H](C3)N45)c3ccccc3n2)n[nH]1. The summed E-state index contributed by atoms with van der Waals surface area (Å²) in [5.41, 5.74) is 2.24. The smallest absolute Gasteiger partial charge is 0.230 e. The monoisotopic (exact) mass is 414 g/mol. The average molecular weight is 415 g/mol. The van der Waals surface area contributed by atoms with Crippen LogP contribution in [0.25, 0.3) is 10.9 Å². The van der Waals surface area contributed by atoms with Gasteiger partial charge in [-0.05, 0) is 51.2 Å². The van der Waals surface area contributed by atoms with Gasteiger partial charge in [-0.1, -0.05) is 12.1 Å². The predicted octanol–water partition coefficient (Wildman–Crippen LogP) is 3.87. The average Bonchev–Trinajstić information content (AvgIpc) is 3.13. The maximum Gasteiger partial charge on any atom is 0.230 e. The van der Waals surface area contributed by atoms with E-state index in [0.717, 1.165) is 41.7 Å². The summed E-state index contributed by atoms with van der Waals surface area (Å²) in [5.74, 6) is 2.14. The van der Waals surface area contributed by atoms with Crippen LogP contribution in [0.15, 0.2) is 30.3 Å². The Balaban J connectivity index is 1.22. The summed E-state index contributed by atoms with van der Waals surface area (Å²) in [6.07, 6.45) is 6.44. The Hall–Kier alpha value is -3.18. The van der Waals surface area contributed by atoms with Crippen molar-refractivity contribution >= 4 is 28.5 Å². The topological polar surface area (TPSA) is 106 Å². The summed E-state index contributed by atoms with van der Waals surface area (Å²) in [6.45, 7) is 1.97. The maximum absolute atomic E-state index is 8.97. The normalized spacial score (nSPS) is 28.8. The lowest BCUT2D eigenvalue weighted by molar-refractivity contribution is -0.222. The van der Waals surface area contributed by atoms with E-state index >= 15 is 0 Å². The van der Waals surface area contributed by atoms with Gasteiger partial charge in [-0.2, -0.15) is 15.3 Å². The number of nitriles is 1. The molecule has 0 saturated carbocycles. The van der Waals surface area contributed by atoms with Crippen molar-refractivity contribution < 1.29 is 0 Å². The number of piperidine rings is 2. The van der Waals surface area contributed by atoms with Crippen molar-refractivity contribution in [1.29, 1.82) is 5.26 Å². The summed E-state index contributed by atoms with van der Waals surface area (Å²) >= 11 is 0. The summed E-state index contributed by atoms with van der Waals surface area (Å²) in [7, 11) is 0. The number of nitrogens with one attached hydrogen (secondary N) is 3. The number of hydrogen-bond donors (Lipinski definition) is 3. The minimum absolute atomic E-state index is 0.344. The van der Waals surface area contributed by atoms with E-state index in [-0.39, 0.29) is 0 Å². The fraction of sp³-hybridized carbons (Fsp3) is 0.478. The van der Waals surface area contributed by atoms with E-state index in [1.54, 1.807) is 0 Å². The van der Waals surface area contributed by atoms with Crippen LogP contribution in [-0.4, -0.2) is 48.7 Å². The van der Waals surface area contributed by atoms with Crippen molar-refractivity contribution in [3.05, 3.63) is 36.0 Å². The predicted molar refractivity (Wildman–Crippen MR) is 119 cm³/mol. The van der Waals surface area contributed by atoms with Gasteiger partial charge in [-0.25, -0.2) is 4.98 Å². The molecule has 158 valence electrons. The lowest BCUT2D eigenvalue weighted by atomic mass is 9.57. The number of nitrogens with zero attached hydrogens (tertiary/aromatic N) is 5. The van der Waals surface area contributed by atoms with Gasteiger partial charge in [0.25, 0.3) is 0 Å². The molecule has 3 N–H and O–H groups in total. The Morgan fingerprint density at radius 1 is 1.23 bits per heavy atom. The number of fused-ring (bicyclic) bond motifs is 1. The van der Waals surface area contributed by atoms with Gasteiger partial charge in [0.05, 0.1) is 11.6 Å². The van der Waals surface area contributed by atoms with Crippen molar-refractivity contribution in [2.24, 2.45) is 0 Å². The quantitative estimate of drug-likeness (QED) is 0.562. The third kappa shape index (κ3) is 3.03. The number of aromatic nitrogens is 4. The van der Waals surface area contributed by atoms with Crippen molar-refractivity contribution in [1.82, 2.24) is 25.1 Å². The molecular formula is C23H26N8. The van der Waals surface area contributed by atoms with Crippen LogP contribution in [0.5, 0.6) is 0 Å². The van der Waals surface area contributed by atoms with E-state index < -0.39 is 0 Å². The molecule has 8 heteroatoms. The van der Waals surface area contributed by atoms with E-state index in [9.17, 15) is 0 Å². The summed E-state index contributed by atoms with van der Waals surface area (Å²) in [6, 6.07) is 14.1. The molecule has 31 heavy (non-hydrogen) atoms.